The Kier molecular flexibility index (Phi) is 12.0. The number of carbonyl (C=O) groups excluding carboxylic acids is 2. The van der Waals surface area contributed by atoms with E-state index in [-0.39, 0.29) is 62.9 Å². The maximum atomic E-state index is 14.8. The van der Waals surface area contributed by atoms with Gasteiger partial charge in [-0.15, -0.1) is 0 Å². The Bertz CT molecular complexity index is 1810. The van der Waals surface area contributed by atoms with E-state index in [2.05, 4.69) is 5.32 Å². The molecular formula is C40H44F3N3O6. The van der Waals surface area contributed by atoms with Gasteiger partial charge in [-0.25, -0.2) is 8.78 Å². The number of hydrogen-bond acceptors (Lipinski definition) is 6. The zero-order valence-corrected chi connectivity index (χ0v) is 29.0. The molecule has 2 amide bonds. The molecule has 9 nitrogen and oxygen atoms in total. The summed E-state index contributed by atoms with van der Waals surface area (Å²) in [6.07, 6.45) is 4.04. The molecule has 1 aliphatic carbocycles. The third kappa shape index (κ3) is 8.85. The number of fused-ring (bicyclic) bond motifs is 2. The summed E-state index contributed by atoms with van der Waals surface area (Å²) in [5.74, 6) is -5.38. The predicted molar refractivity (Wildman–Crippen MR) is 188 cm³/mol. The number of aryl methyl sites for hydroxylation is 1. The second kappa shape index (κ2) is 16.8. The topological polar surface area (TPSA) is 119 Å². The normalized spacial score (nSPS) is 18.3. The summed E-state index contributed by atoms with van der Waals surface area (Å²) in [5, 5.41) is 22.3. The third-order valence-corrected chi connectivity index (χ3v) is 10.0. The molecule has 3 N–H and O–H groups in total. The van der Waals surface area contributed by atoms with Crippen LogP contribution >= 0.6 is 0 Å². The van der Waals surface area contributed by atoms with Gasteiger partial charge in [-0.1, -0.05) is 48.5 Å². The number of carboxylic acid groups (broad SMARTS) is 1. The first-order chi connectivity index (χ1) is 25.1. The van der Waals surface area contributed by atoms with Gasteiger partial charge in [-0.05, 0) is 84.9 Å². The van der Waals surface area contributed by atoms with Crippen molar-refractivity contribution in [3.63, 3.8) is 0 Å². The number of carboxylic acids is 1. The van der Waals surface area contributed by atoms with E-state index >= 15 is 0 Å². The number of aliphatic hydroxyl groups is 1. The number of aliphatic hydroxyl groups excluding tert-OH is 1. The SMILES string of the molecule is O=C(O)CCCC(=O)N1C[C@H]2CC(c3ccc(CCCOc4c(F)ccc(F)c4F)cc3)=C(C(=O)N(Cc3ccccc3CCO)C3CC3)[C@@H](C1)N2. The van der Waals surface area contributed by atoms with E-state index in [1.807, 2.05) is 53.4 Å². The van der Waals surface area contributed by atoms with E-state index in [0.29, 0.717) is 50.4 Å². The van der Waals surface area contributed by atoms with Gasteiger partial charge in [0.1, 0.15) is 0 Å². The number of nitrogens with zero attached hydrogens (tertiary/aromatic N) is 2. The first-order valence-electron chi connectivity index (χ1n) is 18.0. The molecule has 1 saturated heterocycles. The molecule has 2 fully saturated rings. The van der Waals surface area contributed by atoms with Gasteiger partial charge in [0, 0.05) is 56.7 Å². The lowest BCUT2D eigenvalue weighted by molar-refractivity contribution is -0.138. The Labute approximate surface area is 301 Å². The van der Waals surface area contributed by atoms with E-state index in [1.54, 1.807) is 4.90 Å². The van der Waals surface area contributed by atoms with Gasteiger partial charge in [0.05, 0.1) is 12.6 Å². The van der Waals surface area contributed by atoms with E-state index in [9.17, 15) is 32.7 Å². The monoisotopic (exact) mass is 719 g/mol. The fourth-order valence-electron chi connectivity index (χ4n) is 7.25. The summed E-state index contributed by atoms with van der Waals surface area (Å²) in [6, 6.07) is 16.8. The molecule has 2 heterocycles. The van der Waals surface area contributed by atoms with Crippen molar-refractivity contribution in [3.8, 4) is 5.75 Å². The minimum absolute atomic E-state index is 0.000526. The van der Waals surface area contributed by atoms with Gasteiger partial charge in [-0.3, -0.25) is 14.4 Å². The molecule has 3 aliphatic rings. The maximum Gasteiger partial charge on any atom is 0.303 e. The van der Waals surface area contributed by atoms with Crippen molar-refractivity contribution in [3.05, 3.63) is 106 Å². The van der Waals surface area contributed by atoms with Crippen molar-refractivity contribution in [2.75, 3.05) is 26.3 Å². The highest BCUT2D eigenvalue weighted by Gasteiger charge is 2.43. The van der Waals surface area contributed by atoms with Crippen LogP contribution in [0.3, 0.4) is 0 Å². The molecule has 2 bridgehead atoms. The van der Waals surface area contributed by atoms with Crippen LogP contribution in [0.15, 0.2) is 66.2 Å². The molecule has 3 aromatic carbocycles. The zero-order valence-electron chi connectivity index (χ0n) is 29.0. The first-order valence-corrected chi connectivity index (χ1v) is 18.0. The maximum absolute atomic E-state index is 14.8. The molecule has 12 heteroatoms. The summed E-state index contributed by atoms with van der Waals surface area (Å²) in [6.45, 7) is 1.12. The van der Waals surface area contributed by atoms with Crippen LogP contribution in [0.4, 0.5) is 13.2 Å². The molecule has 2 aliphatic heterocycles. The van der Waals surface area contributed by atoms with Crippen LogP contribution in [0.1, 0.15) is 67.2 Å². The van der Waals surface area contributed by atoms with Crippen LogP contribution in [0, 0.1) is 17.5 Å². The molecule has 276 valence electrons. The summed E-state index contributed by atoms with van der Waals surface area (Å²) in [7, 11) is 0. The van der Waals surface area contributed by atoms with Crippen molar-refractivity contribution < 1.29 is 42.5 Å². The van der Waals surface area contributed by atoms with Crippen LogP contribution in [0.25, 0.3) is 5.57 Å². The highest BCUT2D eigenvalue weighted by atomic mass is 19.2. The number of ether oxygens (including phenoxy) is 1. The summed E-state index contributed by atoms with van der Waals surface area (Å²) in [4.78, 5) is 42.8. The number of aliphatic carboxylic acids is 1. The largest absolute Gasteiger partial charge is 0.488 e. The van der Waals surface area contributed by atoms with Gasteiger partial charge in [0.2, 0.25) is 11.7 Å². The Balaban J connectivity index is 1.24. The molecule has 1 saturated carbocycles. The Morgan fingerprint density at radius 3 is 2.33 bits per heavy atom. The molecule has 0 unspecified atom stereocenters. The second-order valence-electron chi connectivity index (χ2n) is 13.8. The lowest BCUT2D eigenvalue weighted by Crippen LogP contribution is -2.62. The summed E-state index contributed by atoms with van der Waals surface area (Å²) < 4.78 is 46.7. The predicted octanol–water partition coefficient (Wildman–Crippen LogP) is 5.42. The van der Waals surface area contributed by atoms with Gasteiger partial charge in [0.25, 0.3) is 5.91 Å². The number of amides is 2. The quantitative estimate of drug-likeness (QED) is 0.134. The van der Waals surface area contributed by atoms with E-state index < -0.39 is 35.2 Å². The molecular weight excluding hydrogens is 675 g/mol. The second-order valence-corrected chi connectivity index (χ2v) is 13.8. The van der Waals surface area contributed by atoms with Crippen molar-refractivity contribution in [1.82, 2.24) is 15.1 Å². The van der Waals surface area contributed by atoms with Crippen molar-refractivity contribution in [2.24, 2.45) is 0 Å². The van der Waals surface area contributed by atoms with Gasteiger partial charge < -0.3 is 30.1 Å². The van der Waals surface area contributed by atoms with Gasteiger partial charge >= 0.3 is 5.97 Å². The average molecular weight is 720 g/mol. The van der Waals surface area contributed by atoms with Gasteiger partial charge in [-0.2, -0.15) is 4.39 Å². The fourth-order valence-corrected chi connectivity index (χ4v) is 7.25. The zero-order chi connectivity index (χ0) is 36.8. The molecule has 2 atom stereocenters. The Morgan fingerprint density at radius 2 is 1.62 bits per heavy atom. The lowest BCUT2D eigenvalue weighted by atomic mass is 9.82. The lowest BCUT2D eigenvalue weighted by Gasteiger charge is -2.45. The Hall–Kier alpha value is -4.68. The summed E-state index contributed by atoms with van der Waals surface area (Å²) in [5.41, 5.74) is 5.34. The number of carbonyl (C=O) groups is 3. The number of hydrogen-bond donors (Lipinski definition) is 3. The molecule has 0 radical (unpaired) electrons. The van der Waals surface area contributed by atoms with E-state index in [4.69, 9.17) is 9.84 Å². The smallest absolute Gasteiger partial charge is 0.303 e. The number of nitrogens with one attached hydrogen (secondary N) is 1. The fraction of sp³-hybridized carbons (Fsp3) is 0.425. The van der Waals surface area contributed by atoms with Crippen molar-refractivity contribution in [2.45, 2.75) is 82.5 Å². The van der Waals surface area contributed by atoms with Crippen LogP contribution in [-0.2, 0) is 33.8 Å². The first kappa shape index (κ1) is 37.1. The average Bonchev–Trinajstić information content (AvgIpc) is 3.98. The number of piperazine rings is 1. The van der Waals surface area contributed by atoms with Crippen LogP contribution in [0.5, 0.6) is 5.75 Å². The van der Waals surface area contributed by atoms with Crippen LogP contribution in [-0.4, -0.2) is 82.2 Å². The van der Waals surface area contributed by atoms with Crippen LogP contribution in [0.2, 0.25) is 0 Å². The standard InChI is InChI=1S/C40H44F3N3O6/c41-32-16-17-33(42)39(38(32)43)52-20-4-5-25-10-12-27(13-11-25)31-21-29-23-45(35(48)8-3-9-36(49)50)24-34(44-29)37(31)40(51)46(30-14-15-30)22-28-7-2-1-6-26(28)18-19-47/h1-2,6-7,10-13,16-17,29-30,34,44,47H,3-5,8-9,14-15,18-24H2,(H,49,50)/t29-,34-/m1/s1. The van der Waals surface area contributed by atoms with Crippen molar-refractivity contribution in [1.29, 1.82) is 0 Å². The molecule has 3 aromatic rings. The van der Waals surface area contributed by atoms with E-state index in [0.717, 1.165) is 46.7 Å². The molecule has 0 spiro atoms. The number of halogens is 3. The van der Waals surface area contributed by atoms with Crippen LogP contribution < -0.4 is 10.1 Å². The van der Waals surface area contributed by atoms with E-state index in [1.165, 1.54) is 0 Å². The highest BCUT2D eigenvalue weighted by molar-refractivity contribution is 6.03. The molecule has 52 heavy (non-hydrogen) atoms. The number of rotatable bonds is 16. The van der Waals surface area contributed by atoms with Gasteiger partial charge in [0.15, 0.2) is 17.4 Å². The minimum atomic E-state index is -1.35. The highest BCUT2D eigenvalue weighted by Crippen LogP contribution is 2.38. The van der Waals surface area contributed by atoms with Crippen molar-refractivity contribution >= 4 is 23.4 Å². The third-order valence-electron chi connectivity index (χ3n) is 10.0. The molecule has 6 rings (SSSR count). The summed E-state index contributed by atoms with van der Waals surface area (Å²) >= 11 is 0. The molecule has 0 aromatic heterocycles. The Morgan fingerprint density at radius 1 is 0.885 bits per heavy atom. The number of benzene rings is 3. The minimum Gasteiger partial charge on any atom is -0.488 e.